The second-order valence-electron chi connectivity index (χ2n) is 4.92. The summed E-state index contributed by atoms with van der Waals surface area (Å²) in [5.41, 5.74) is 4.90. The average molecular weight is 268 g/mol. The quantitative estimate of drug-likeness (QED) is 0.747. The molecule has 102 valence electrons. The van der Waals surface area contributed by atoms with Gasteiger partial charge in [0.2, 0.25) is 0 Å². The molecular weight excluding hydrogens is 252 g/mol. The third-order valence-electron chi connectivity index (χ3n) is 3.56. The number of H-pyrrole nitrogens is 1. The normalized spacial score (nSPS) is 10.9. The van der Waals surface area contributed by atoms with E-state index in [1.54, 1.807) is 25.3 Å². The Morgan fingerprint density at radius 1 is 1.10 bits per heavy atom. The van der Waals surface area contributed by atoms with Gasteiger partial charge in [0, 0.05) is 0 Å². The number of methoxy groups -OCH3 is 1. The van der Waals surface area contributed by atoms with E-state index in [4.69, 9.17) is 4.74 Å². The Kier molecular flexibility index (Phi) is 2.86. The summed E-state index contributed by atoms with van der Waals surface area (Å²) in [7, 11) is 1.60. The van der Waals surface area contributed by atoms with E-state index < -0.39 is 0 Å². The van der Waals surface area contributed by atoms with E-state index in [0.717, 1.165) is 11.0 Å². The number of aromatic amines is 1. The number of nitrogens with one attached hydrogen (secondary N) is 1. The zero-order chi connectivity index (χ0) is 14.3. The standard InChI is InChI=1S/C16H16N2O2/c1-9-6-13-14(7-10(9)2)18-16(17-13)12-8-11(20-3)4-5-15(12)19/h4-8,19H,1-3H3,(H,17,18). The van der Waals surface area contributed by atoms with Gasteiger partial charge in [0.1, 0.15) is 17.3 Å². The van der Waals surface area contributed by atoms with Crippen LogP contribution in [0.5, 0.6) is 11.5 Å². The molecule has 0 bridgehead atoms. The smallest absolute Gasteiger partial charge is 0.142 e. The van der Waals surface area contributed by atoms with Crippen LogP contribution >= 0.6 is 0 Å². The van der Waals surface area contributed by atoms with Crippen LogP contribution in [0.3, 0.4) is 0 Å². The van der Waals surface area contributed by atoms with Gasteiger partial charge < -0.3 is 14.8 Å². The van der Waals surface area contributed by atoms with Gasteiger partial charge in [-0.25, -0.2) is 4.98 Å². The molecule has 0 aliphatic rings. The lowest BCUT2D eigenvalue weighted by molar-refractivity contribution is 0.412. The number of aryl methyl sites for hydroxylation is 2. The van der Waals surface area contributed by atoms with Gasteiger partial charge in [0.15, 0.2) is 0 Å². The first kappa shape index (κ1) is 12.5. The number of imidazole rings is 1. The van der Waals surface area contributed by atoms with Crippen LogP contribution in [-0.2, 0) is 0 Å². The monoisotopic (exact) mass is 268 g/mol. The molecule has 4 heteroatoms. The Hall–Kier alpha value is -2.49. The highest BCUT2D eigenvalue weighted by Gasteiger charge is 2.11. The highest BCUT2D eigenvalue weighted by molar-refractivity contribution is 5.82. The van der Waals surface area contributed by atoms with Gasteiger partial charge in [-0.1, -0.05) is 0 Å². The predicted molar refractivity (Wildman–Crippen MR) is 79.2 cm³/mol. The molecule has 0 saturated carbocycles. The van der Waals surface area contributed by atoms with Gasteiger partial charge >= 0.3 is 0 Å². The van der Waals surface area contributed by atoms with Crippen molar-refractivity contribution in [3.63, 3.8) is 0 Å². The number of aromatic nitrogens is 2. The summed E-state index contributed by atoms with van der Waals surface area (Å²) in [5.74, 6) is 1.50. The molecule has 20 heavy (non-hydrogen) atoms. The highest BCUT2D eigenvalue weighted by Crippen LogP contribution is 2.32. The fourth-order valence-corrected chi connectivity index (χ4v) is 2.23. The number of ether oxygens (including phenoxy) is 1. The maximum Gasteiger partial charge on any atom is 0.142 e. The summed E-state index contributed by atoms with van der Waals surface area (Å²) in [6, 6.07) is 9.21. The molecule has 0 atom stereocenters. The number of phenols is 1. The molecule has 0 saturated heterocycles. The molecule has 2 aromatic carbocycles. The Labute approximate surface area is 117 Å². The van der Waals surface area contributed by atoms with Crippen LogP contribution in [0.1, 0.15) is 11.1 Å². The average Bonchev–Trinajstić information content (AvgIpc) is 2.82. The van der Waals surface area contributed by atoms with Crippen LogP contribution in [0.25, 0.3) is 22.4 Å². The van der Waals surface area contributed by atoms with Crippen molar-refractivity contribution in [3.8, 4) is 22.9 Å². The van der Waals surface area contributed by atoms with Gasteiger partial charge in [0.25, 0.3) is 0 Å². The third kappa shape index (κ3) is 1.99. The van der Waals surface area contributed by atoms with E-state index in [9.17, 15) is 5.11 Å². The van der Waals surface area contributed by atoms with Gasteiger partial charge in [-0.2, -0.15) is 0 Å². The Morgan fingerprint density at radius 2 is 1.85 bits per heavy atom. The summed E-state index contributed by atoms with van der Waals surface area (Å²) in [4.78, 5) is 7.80. The lowest BCUT2D eigenvalue weighted by Crippen LogP contribution is -1.86. The van der Waals surface area contributed by atoms with Crippen molar-refractivity contribution in [1.82, 2.24) is 9.97 Å². The van der Waals surface area contributed by atoms with Crippen molar-refractivity contribution in [2.45, 2.75) is 13.8 Å². The van der Waals surface area contributed by atoms with E-state index in [1.165, 1.54) is 11.1 Å². The van der Waals surface area contributed by atoms with Crippen molar-refractivity contribution >= 4 is 11.0 Å². The van der Waals surface area contributed by atoms with Gasteiger partial charge in [-0.3, -0.25) is 0 Å². The number of hydrogen-bond donors (Lipinski definition) is 2. The second-order valence-corrected chi connectivity index (χ2v) is 4.92. The van der Waals surface area contributed by atoms with Crippen LogP contribution < -0.4 is 4.74 Å². The molecule has 3 rings (SSSR count). The minimum Gasteiger partial charge on any atom is -0.507 e. The summed E-state index contributed by atoms with van der Waals surface area (Å²) in [5, 5.41) is 10.0. The number of hydrogen-bond acceptors (Lipinski definition) is 3. The Morgan fingerprint density at radius 3 is 2.60 bits per heavy atom. The number of phenolic OH excluding ortho intramolecular Hbond substituents is 1. The molecule has 0 aliphatic carbocycles. The summed E-state index contributed by atoms with van der Waals surface area (Å²) >= 11 is 0. The lowest BCUT2D eigenvalue weighted by atomic mass is 10.1. The van der Waals surface area contributed by atoms with Crippen molar-refractivity contribution in [2.75, 3.05) is 7.11 Å². The minimum absolute atomic E-state index is 0.179. The van der Waals surface area contributed by atoms with E-state index in [1.807, 2.05) is 6.07 Å². The van der Waals surface area contributed by atoms with Crippen molar-refractivity contribution in [1.29, 1.82) is 0 Å². The molecule has 0 fully saturated rings. The van der Waals surface area contributed by atoms with E-state index in [0.29, 0.717) is 17.1 Å². The van der Waals surface area contributed by atoms with Crippen LogP contribution in [0.2, 0.25) is 0 Å². The lowest BCUT2D eigenvalue weighted by Gasteiger charge is -2.04. The van der Waals surface area contributed by atoms with Gasteiger partial charge in [-0.05, 0) is 55.3 Å². The predicted octanol–water partition coefficient (Wildman–Crippen LogP) is 3.56. The summed E-state index contributed by atoms with van der Waals surface area (Å²) in [6.07, 6.45) is 0. The van der Waals surface area contributed by atoms with Gasteiger partial charge in [0.05, 0.1) is 23.7 Å². The van der Waals surface area contributed by atoms with Crippen molar-refractivity contribution in [3.05, 3.63) is 41.5 Å². The van der Waals surface area contributed by atoms with Crippen LogP contribution in [0.15, 0.2) is 30.3 Å². The first-order valence-corrected chi connectivity index (χ1v) is 6.43. The maximum absolute atomic E-state index is 10.0. The SMILES string of the molecule is COc1ccc(O)c(-c2nc3cc(C)c(C)cc3[nH]2)c1. The molecule has 1 aromatic heterocycles. The van der Waals surface area contributed by atoms with E-state index >= 15 is 0 Å². The number of aromatic hydroxyl groups is 1. The van der Waals surface area contributed by atoms with E-state index in [2.05, 4.69) is 29.9 Å². The van der Waals surface area contributed by atoms with Crippen molar-refractivity contribution < 1.29 is 9.84 Å². The molecular formula is C16H16N2O2. The van der Waals surface area contributed by atoms with Crippen molar-refractivity contribution in [2.24, 2.45) is 0 Å². The largest absolute Gasteiger partial charge is 0.507 e. The maximum atomic E-state index is 10.0. The topological polar surface area (TPSA) is 58.1 Å². The fraction of sp³-hybridized carbons (Fsp3) is 0.188. The first-order chi connectivity index (χ1) is 9.58. The molecule has 0 amide bonds. The third-order valence-corrected chi connectivity index (χ3v) is 3.56. The van der Waals surface area contributed by atoms with Crippen LogP contribution in [0, 0.1) is 13.8 Å². The minimum atomic E-state index is 0.179. The molecule has 3 aromatic rings. The molecule has 0 spiro atoms. The van der Waals surface area contributed by atoms with Crippen LogP contribution in [-0.4, -0.2) is 22.2 Å². The molecule has 4 nitrogen and oxygen atoms in total. The number of fused-ring (bicyclic) bond motifs is 1. The highest BCUT2D eigenvalue weighted by atomic mass is 16.5. The Balaban J connectivity index is 2.19. The summed E-state index contributed by atoms with van der Waals surface area (Å²) < 4.78 is 5.19. The first-order valence-electron chi connectivity index (χ1n) is 6.43. The molecule has 0 radical (unpaired) electrons. The van der Waals surface area contributed by atoms with E-state index in [-0.39, 0.29) is 5.75 Å². The zero-order valence-electron chi connectivity index (χ0n) is 11.7. The molecule has 0 aliphatic heterocycles. The molecule has 1 heterocycles. The molecule has 2 N–H and O–H groups in total. The summed E-state index contributed by atoms with van der Waals surface area (Å²) in [6.45, 7) is 4.13. The number of nitrogens with zero attached hydrogens (tertiary/aromatic N) is 1. The Bertz CT molecular complexity index is 752. The van der Waals surface area contributed by atoms with Gasteiger partial charge in [-0.15, -0.1) is 0 Å². The second kappa shape index (κ2) is 4.56. The molecule has 0 unspecified atom stereocenters. The zero-order valence-corrected chi connectivity index (χ0v) is 11.7. The number of benzene rings is 2. The number of rotatable bonds is 2. The van der Waals surface area contributed by atoms with Crippen LogP contribution in [0.4, 0.5) is 0 Å². The fourth-order valence-electron chi connectivity index (χ4n) is 2.23.